The van der Waals surface area contributed by atoms with Crippen molar-refractivity contribution in [1.29, 1.82) is 0 Å². The van der Waals surface area contributed by atoms with Crippen molar-refractivity contribution >= 4 is 0 Å². The van der Waals surface area contributed by atoms with Gasteiger partial charge >= 0.3 is 0 Å². The summed E-state index contributed by atoms with van der Waals surface area (Å²) >= 11 is 0. The smallest absolute Gasteiger partial charge is 0.0865 e. The molecule has 2 unspecified atom stereocenters. The van der Waals surface area contributed by atoms with E-state index in [1.807, 2.05) is 6.20 Å². The highest BCUT2D eigenvalue weighted by Crippen LogP contribution is 2.27. The number of ether oxygens (including phenoxy) is 1. The number of rotatable bonds is 3. The summed E-state index contributed by atoms with van der Waals surface area (Å²) in [7, 11) is 0. The van der Waals surface area contributed by atoms with Crippen LogP contribution in [0.25, 0.3) is 0 Å². The summed E-state index contributed by atoms with van der Waals surface area (Å²) in [6, 6.07) is 4.30. The van der Waals surface area contributed by atoms with Gasteiger partial charge in [-0.25, -0.2) is 0 Å². The molecule has 3 nitrogen and oxygen atoms in total. The van der Waals surface area contributed by atoms with E-state index in [2.05, 4.69) is 22.4 Å². The van der Waals surface area contributed by atoms with Crippen LogP contribution < -0.4 is 5.32 Å². The molecule has 0 bridgehead atoms. The molecule has 16 heavy (non-hydrogen) atoms. The van der Waals surface area contributed by atoms with Crippen molar-refractivity contribution in [1.82, 2.24) is 10.3 Å². The van der Waals surface area contributed by atoms with Gasteiger partial charge < -0.3 is 10.1 Å². The molecule has 2 atom stereocenters. The zero-order valence-electron chi connectivity index (χ0n) is 9.48. The van der Waals surface area contributed by atoms with Crippen LogP contribution in [-0.2, 0) is 11.2 Å². The van der Waals surface area contributed by atoms with E-state index >= 15 is 0 Å². The van der Waals surface area contributed by atoms with Crippen molar-refractivity contribution < 1.29 is 4.74 Å². The summed E-state index contributed by atoms with van der Waals surface area (Å²) in [4.78, 5) is 4.53. The Kier molecular flexibility index (Phi) is 2.89. The Morgan fingerprint density at radius 1 is 1.50 bits per heavy atom. The van der Waals surface area contributed by atoms with Gasteiger partial charge in [-0.3, -0.25) is 4.98 Å². The van der Waals surface area contributed by atoms with Crippen LogP contribution in [0.4, 0.5) is 0 Å². The molecule has 0 saturated carbocycles. The molecule has 2 fully saturated rings. The average Bonchev–Trinajstić information content (AvgIpc) is 3.15. The van der Waals surface area contributed by atoms with E-state index in [4.69, 9.17) is 4.74 Å². The van der Waals surface area contributed by atoms with Gasteiger partial charge in [-0.1, -0.05) is 6.07 Å². The number of epoxide rings is 1. The van der Waals surface area contributed by atoms with E-state index in [-0.39, 0.29) is 0 Å². The average molecular weight is 218 g/mol. The minimum Gasteiger partial charge on any atom is -0.373 e. The Morgan fingerprint density at radius 3 is 3.19 bits per heavy atom. The lowest BCUT2D eigenvalue weighted by Gasteiger charge is -2.24. The molecule has 0 radical (unpaired) electrons. The maximum absolute atomic E-state index is 5.30. The normalized spacial score (nSPS) is 29.0. The van der Waals surface area contributed by atoms with E-state index in [1.54, 1.807) is 0 Å². The van der Waals surface area contributed by atoms with Crippen LogP contribution >= 0.6 is 0 Å². The van der Waals surface area contributed by atoms with Gasteiger partial charge in [0.15, 0.2) is 0 Å². The zero-order valence-corrected chi connectivity index (χ0v) is 9.48. The van der Waals surface area contributed by atoms with Gasteiger partial charge in [-0.05, 0) is 36.9 Å². The topological polar surface area (TPSA) is 37.5 Å². The van der Waals surface area contributed by atoms with Gasteiger partial charge in [-0.2, -0.15) is 0 Å². The first kappa shape index (κ1) is 10.2. The van der Waals surface area contributed by atoms with Crippen molar-refractivity contribution in [3.05, 3.63) is 29.6 Å². The molecule has 1 N–H and O–H groups in total. The van der Waals surface area contributed by atoms with Crippen molar-refractivity contribution in [2.45, 2.75) is 31.3 Å². The third-order valence-electron chi connectivity index (χ3n) is 3.49. The number of hydrogen-bond donors (Lipinski definition) is 1. The molecular formula is C13H18N2O. The van der Waals surface area contributed by atoms with Crippen LogP contribution in [0, 0.1) is 0 Å². The molecule has 1 aromatic rings. The van der Waals surface area contributed by atoms with Gasteiger partial charge in [-0.15, -0.1) is 0 Å². The third kappa shape index (κ3) is 2.25. The fourth-order valence-electron chi connectivity index (χ4n) is 2.51. The first-order valence-corrected chi connectivity index (χ1v) is 6.19. The lowest BCUT2D eigenvalue weighted by Crippen LogP contribution is -2.29. The van der Waals surface area contributed by atoms with E-state index in [0.717, 1.165) is 26.1 Å². The zero-order chi connectivity index (χ0) is 10.8. The molecule has 86 valence electrons. The lowest BCUT2D eigenvalue weighted by atomic mass is 9.89. The predicted octanol–water partition coefficient (Wildman–Crippen LogP) is 1.49. The molecule has 1 aromatic heterocycles. The van der Waals surface area contributed by atoms with E-state index in [0.29, 0.717) is 12.0 Å². The van der Waals surface area contributed by atoms with Crippen LogP contribution in [0.2, 0.25) is 0 Å². The Bertz CT molecular complexity index is 357. The van der Waals surface area contributed by atoms with Crippen LogP contribution in [0.3, 0.4) is 0 Å². The molecule has 0 aliphatic carbocycles. The molecule has 0 aromatic carbocycles. The number of nitrogens with one attached hydrogen (secondary N) is 1. The van der Waals surface area contributed by atoms with Crippen molar-refractivity contribution in [3.63, 3.8) is 0 Å². The third-order valence-corrected chi connectivity index (χ3v) is 3.49. The lowest BCUT2D eigenvalue weighted by molar-refractivity contribution is 0.403. The van der Waals surface area contributed by atoms with Gasteiger partial charge in [0, 0.05) is 24.9 Å². The molecule has 2 saturated heterocycles. The molecule has 0 spiro atoms. The Labute approximate surface area is 96.2 Å². The minimum atomic E-state index is 0.435. The SMILES string of the molecule is c1cnc(CC2CO2)c(C2CCCNC2)c1. The van der Waals surface area contributed by atoms with Crippen LogP contribution in [0.15, 0.2) is 18.3 Å². The fourth-order valence-corrected chi connectivity index (χ4v) is 2.51. The number of piperidine rings is 1. The Morgan fingerprint density at radius 2 is 2.44 bits per heavy atom. The quantitative estimate of drug-likeness (QED) is 0.781. The summed E-state index contributed by atoms with van der Waals surface area (Å²) in [6.45, 7) is 3.18. The van der Waals surface area contributed by atoms with Crippen LogP contribution in [0.5, 0.6) is 0 Å². The van der Waals surface area contributed by atoms with Crippen molar-refractivity contribution in [2.75, 3.05) is 19.7 Å². The van der Waals surface area contributed by atoms with Crippen molar-refractivity contribution in [2.24, 2.45) is 0 Å². The highest BCUT2D eigenvalue weighted by atomic mass is 16.6. The molecular weight excluding hydrogens is 200 g/mol. The second-order valence-electron chi connectivity index (χ2n) is 4.74. The maximum Gasteiger partial charge on any atom is 0.0865 e. The van der Waals surface area contributed by atoms with Crippen LogP contribution in [0.1, 0.15) is 30.0 Å². The minimum absolute atomic E-state index is 0.435. The molecule has 3 rings (SSSR count). The summed E-state index contributed by atoms with van der Waals surface area (Å²) in [5.74, 6) is 0.649. The van der Waals surface area contributed by atoms with Gasteiger partial charge in [0.25, 0.3) is 0 Å². The second kappa shape index (κ2) is 4.52. The molecule has 2 aliphatic heterocycles. The van der Waals surface area contributed by atoms with Crippen LogP contribution in [-0.4, -0.2) is 30.8 Å². The van der Waals surface area contributed by atoms with Gasteiger partial charge in [0.1, 0.15) is 0 Å². The number of nitrogens with zero attached hydrogens (tertiary/aromatic N) is 1. The highest BCUT2D eigenvalue weighted by Gasteiger charge is 2.26. The van der Waals surface area contributed by atoms with Gasteiger partial charge in [0.2, 0.25) is 0 Å². The molecule has 3 heteroatoms. The van der Waals surface area contributed by atoms with E-state index in [9.17, 15) is 0 Å². The van der Waals surface area contributed by atoms with Crippen molar-refractivity contribution in [3.8, 4) is 0 Å². The summed E-state index contributed by atoms with van der Waals surface area (Å²) in [5.41, 5.74) is 2.68. The summed E-state index contributed by atoms with van der Waals surface area (Å²) in [6.07, 6.45) is 5.89. The largest absolute Gasteiger partial charge is 0.373 e. The van der Waals surface area contributed by atoms with E-state index in [1.165, 1.54) is 24.1 Å². The molecule has 0 amide bonds. The van der Waals surface area contributed by atoms with E-state index < -0.39 is 0 Å². The molecule has 3 heterocycles. The number of pyridine rings is 1. The maximum atomic E-state index is 5.30. The highest BCUT2D eigenvalue weighted by molar-refractivity contribution is 5.26. The predicted molar refractivity (Wildman–Crippen MR) is 62.5 cm³/mol. The second-order valence-corrected chi connectivity index (χ2v) is 4.74. The fraction of sp³-hybridized carbons (Fsp3) is 0.615. The monoisotopic (exact) mass is 218 g/mol. The number of aromatic nitrogens is 1. The standard InChI is InChI=1S/C13H18N2O/c1-3-10(8-14-5-1)12-4-2-6-15-13(12)7-11-9-16-11/h2,4,6,10-11,14H,1,3,5,7-9H2. The first-order valence-electron chi connectivity index (χ1n) is 6.19. The molecule has 2 aliphatic rings. The van der Waals surface area contributed by atoms with Gasteiger partial charge in [0.05, 0.1) is 12.7 Å². The summed E-state index contributed by atoms with van der Waals surface area (Å²) < 4.78 is 5.30. The number of hydrogen-bond acceptors (Lipinski definition) is 3. The Balaban J connectivity index is 1.79. The Hall–Kier alpha value is -0.930. The summed E-state index contributed by atoms with van der Waals surface area (Å²) in [5, 5.41) is 3.47. The first-order chi connectivity index (χ1) is 7.93.